The van der Waals surface area contributed by atoms with Gasteiger partial charge in [-0.2, -0.15) is 0 Å². The average Bonchev–Trinajstić information content (AvgIpc) is 2.93. The minimum Gasteiger partial charge on any atom is -0.361 e. The van der Waals surface area contributed by atoms with Crippen molar-refractivity contribution >= 4 is 23.5 Å². The number of amides is 1. The summed E-state index contributed by atoms with van der Waals surface area (Å²) in [6.45, 7) is 5.73. The number of hydrogen-bond donors (Lipinski definition) is 1. The minimum absolute atomic E-state index is 0.231. The number of aryl methyl sites for hydroxylation is 3. The molecule has 0 aliphatic carbocycles. The van der Waals surface area contributed by atoms with E-state index in [9.17, 15) is 4.79 Å². The predicted molar refractivity (Wildman–Crippen MR) is 96.7 cm³/mol. The van der Waals surface area contributed by atoms with E-state index in [1.165, 1.54) is 11.8 Å². The summed E-state index contributed by atoms with van der Waals surface area (Å²) in [5, 5.41) is 7.42. The van der Waals surface area contributed by atoms with Crippen molar-refractivity contribution in [2.75, 3.05) is 5.32 Å². The first-order valence-corrected chi connectivity index (χ1v) is 8.76. The molecule has 0 saturated carbocycles. The summed E-state index contributed by atoms with van der Waals surface area (Å²) in [7, 11) is 0. The first-order chi connectivity index (χ1) is 12.0. The maximum atomic E-state index is 12.6. The van der Waals surface area contributed by atoms with Gasteiger partial charge in [-0.1, -0.05) is 11.2 Å². The number of thioether (sulfide) groups is 1. The molecular weight excluding hydrogens is 336 g/mol. The molecule has 1 amide bonds. The number of hydrogen-bond acceptors (Lipinski definition) is 6. The Bertz CT molecular complexity index is 871. The lowest BCUT2D eigenvalue weighted by Gasteiger charge is -2.08. The number of rotatable bonds is 5. The van der Waals surface area contributed by atoms with E-state index in [1.54, 1.807) is 30.6 Å². The fourth-order valence-electron chi connectivity index (χ4n) is 2.25. The third kappa shape index (κ3) is 4.06. The smallest absolute Gasteiger partial charge is 0.259 e. The van der Waals surface area contributed by atoms with Crippen LogP contribution in [0.15, 0.2) is 46.2 Å². The van der Waals surface area contributed by atoms with E-state index in [0.717, 1.165) is 22.6 Å². The second kappa shape index (κ2) is 7.48. The van der Waals surface area contributed by atoms with Gasteiger partial charge in [0.05, 0.1) is 11.3 Å². The summed E-state index contributed by atoms with van der Waals surface area (Å²) in [5.41, 5.74) is 3.44. The van der Waals surface area contributed by atoms with Crippen LogP contribution in [0.5, 0.6) is 0 Å². The highest BCUT2D eigenvalue weighted by molar-refractivity contribution is 7.98. The van der Waals surface area contributed by atoms with Crippen LogP contribution < -0.4 is 5.32 Å². The van der Waals surface area contributed by atoms with Gasteiger partial charge in [0.25, 0.3) is 5.91 Å². The number of pyridine rings is 2. The summed E-state index contributed by atoms with van der Waals surface area (Å²) in [6, 6.07) is 7.18. The Balaban J connectivity index is 1.76. The average molecular weight is 354 g/mol. The van der Waals surface area contributed by atoms with Gasteiger partial charge < -0.3 is 9.84 Å². The lowest BCUT2D eigenvalue weighted by atomic mass is 10.2. The fraction of sp³-hybridized carbons (Fsp3) is 0.222. The molecule has 0 unspecified atom stereocenters. The molecule has 3 aromatic heterocycles. The standard InChI is InChI=1S/C18H18N4O2S/c1-11-6-7-16(20-9-11)21-17(23)14-5-4-8-19-18(14)25-10-15-12(2)22-24-13(15)3/h4-9H,10H2,1-3H3,(H,20,21,23). The lowest BCUT2D eigenvalue weighted by molar-refractivity contribution is 0.102. The van der Waals surface area contributed by atoms with Gasteiger partial charge in [0.2, 0.25) is 0 Å². The molecule has 0 spiro atoms. The number of carbonyl (C=O) groups is 1. The van der Waals surface area contributed by atoms with E-state index in [0.29, 0.717) is 22.2 Å². The molecule has 0 fully saturated rings. The molecule has 0 bridgehead atoms. The zero-order chi connectivity index (χ0) is 17.8. The molecule has 0 radical (unpaired) electrons. The second-order valence-electron chi connectivity index (χ2n) is 5.62. The third-order valence-corrected chi connectivity index (χ3v) is 4.73. The van der Waals surface area contributed by atoms with Crippen LogP contribution in [0.25, 0.3) is 0 Å². The summed E-state index contributed by atoms with van der Waals surface area (Å²) in [5.74, 6) is 1.71. The molecule has 3 heterocycles. The van der Waals surface area contributed by atoms with Crippen LogP contribution in [0.3, 0.4) is 0 Å². The molecule has 3 rings (SSSR count). The summed E-state index contributed by atoms with van der Waals surface area (Å²) in [6.07, 6.45) is 3.39. The largest absolute Gasteiger partial charge is 0.361 e. The van der Waals surface area contributed by atoms with Crippen LogP contribution in [0.1, 0.15) is 32.9 Å². The third-order valence-electron chi connectivity index (χ3n) is 3.70. The molecule has 3 aromatic rings. The number of nitrogens with one attached hydrogen (secondary N) is 1. The molecule has 0 saturated heterocycles. The molecule has 128 valence electrons. The van der Waals surface area contributed by atoms with Crippen molar-refractivity contribution < 1.29 is 9.32 Å². The monoisotopic (exact) mass is 354 g/mol. The molecule has 0 aliphatic rings. The van der Waals surface area contributed by atoms with Crippen LogP contribution in [0, 0.1) is 20.8 Å². The van der Waals surface area contributed by atoms with Crippen molar-refractivity contribution in [3.05, 3.63) is 64.8 Å². The van der Waals surface area contributed by atoms with Crippen LogP contribution in [-0.2, 0) is 5.75 Å². The van der Waals surface area contributed by atoms with Crippen molar-refractivity contribution in [2.24, 2.45) is 0 Å². The number of aromatic nitrogens is 3. The molecule has 1 N–H and O–H groups in total. The second-order valence-corrected chi connectivity index (χ2v) is 6.59. The highest BCUT2D eigenvalue weighted by Crippen LogP contribution is 2.27. The van der Waals surface area contributed by atoms with Crippen LogP contribution in [0.4, 0.5) is 5.82 Å². The van der Waals surface area contributed by atoms with Gasteiger partial charge in [0.15, 0.2) is 0 Å². The summed E-state index contributed by atoms with van der Waals surface area (Å²) < 4.78 is 5.18. The van der Waals surface area contributed by atoms with Crippen molar-refractivity contribution in [1.29, 1.82) is 0 Å². The first kappa shape index (κ1) is 17.2. The Labute approximate surface area is 150 Å². The molecular formula is C18H18N4O2S. The highest BCUT2D eigenvalue weighted by Gasteiger charge is 2.16. The van der Waals surface area contributed by atoms with E-state index in [4.69, 9.17) is 4.52 Å². The van der Waals surface area contributed by atoms with Gasteiger partial charge in [-0.3, -0.25) is 4.79 Å². The first-order valence-electron chi connectivity index (χ1n) is 7.78. The normalized spacial score (nSPS) is 10.7. The Morgan fingerprint density at radius 1 is 1.20 bits per heavy atom. The predicted octanol–water partition coefficient (Wildman–Crippen LogP) is 3.93. The van der Waals surface area contributed by atoms with Crippen molar-refractivity contribution in [3.63, 3.8) is 0 Å². The van der Waals surface area contributed by atoms with E-state index in [2.05, 4.69) is 20.4 Å². The zero-order valence-electron chi connectivity index (χ0n) is 14.2. The topological polar surface area (TPSA) is 80.9 Å². The van der Waals surface area contributed by atoms with Crippen LogP contribution >= 0.6 is 11.8 Å². The maximum absolute atomic E-state index is 12.6. The Morgan fingerprint density at radius 2 is 2.04 bits per heavy atom. The number of nitrogens with zero attached hydrogens (tertiary/aromatic N) is 3. The van der Waals surface area contributed by atoms with Gasteiger partial charge in [-0.15, -0.1) is 11.8 Å². The van der Waals surface area contributed by atoms with Gasteiger partial charge in [-0.05, 0) is 44.5 Å². The molecule has 0 aromatic carbocycles. The Morgan fingerprint density at radius 3 is 2.72 bits per heavy atom. The molecule has 25 heavy (non-hydrogen) atoms. The van der Waals surface area contributed by atoms with Gasteiger partial charge in [0.1, 0.15) is 16.6 Å². The number of carbonyl (C=O) groups excluding carboxylic acids is 1. The quantitative estimate of drug-likeness (QED) is 0.699. The fourth-order valence-corrected chi connectivity index (χ4v) is 3.40. The molecule has 0 atom stereocenters. The SMILES string of the molecule is Cc1ccc(NC(=O)c2cccnc2SCc2c(C)noc2C)nc1. The maximum Gasteiger partial charge on any atom is 0.259 e. The van der Waals surface area contributed by atoms with E-state index < -0.39 is 0 Å². The van der Waals surface area contributed by atoms with Gasteiger partial charge in [-0.25, -0.2) is 9.97 Å². The Hall–Kier alpha value is -2.67. The molecule has 6 nitrogen and oxygen atoms in total. The zero-order valence-corrected chi connectivity index (χ0v) is 15.1. The minimum atomic E-state index is -0.231. The highest BCUT2D eigenvalue weighted by atomic mass is 32.2. The lowest BCUT2D eigenvalue weighted by Crippen LogP contribution is -2.14. The van der Waals surface area contributed by atoms with Crippen LogP contribution in [-0.4, -0.2) is 21.0 Å². The van der Waals surface area contributed by atoms with Crippen molar-refractivity contribution in [3.8, 4) is 0 Å². The van der Waals surface area contributed by atoms with Crippen LogP contribution in [0.2, 0.25) is 0 Å². The summed E-state index contributed by atoms with van der Waals surface area (Å²) >= 11 is 1.48. The molecule has 0 aliphatic heterocycles. The van der Waals surface area contributed by atoms with E-state index in [1.807, 2.05) is 26.8 Å². The van der Waals surface area contributed by atoms with Crippen molar-refractivity contribution in [1.82, 2.24) is 15.1 Å². The van der Waals surface area contributed by atoms with Gasteiger partial charge in [0, 0.05) is 23.7 Å². The van der Waals surface area contributed by atoms with Gasteiger partial charge >= 0.3 is 0 Å². The van der Waals surface area contributed by atoms with Crippen molar-refractivity contribution in [2.45, 2.75) is 31.6 Å². The Kier molecular flexibility index (Phi) is 5.14. The summed E-state index contributed by atoms with van der Waals surface area (Å²) in [4.78, 5) is 21.1. The van der Waals surface area contributed by atoms with E-state index >= 15 is 0 Å². The number of anilines is 1. The molecule has 7 heteroatoms. The van der Waals surface area contributed by atoms with E-state index in [-0.39, 0.29) is 5.91 Å².